The van der Waals surface area contributed by atoms with E-state index in [0.717, 1.165) is 4.70 Å². The molecule has 4 aromatic rings. The molecular weight excluding hydrogens is 476 g/mol. The Bertz CT molecular complexity index is 1460. The fraction of sp³-hybridized carbons (Fsp3) is 0.179. The molecule has 1 aliphatic heterocycles. The molecule has 0 bridgehead atoms. The molecule has 182 valence electrons. The Balaban J connectivity index is 1.67. The van der Waals surface area contributed by atoms with Gasteiger partial charge in [-0.25, -0.2) is 4.98 Å². The Kier molecular flexibility index (Phi) is 6.43. The quantitative estimate of drug-likeness (QED) is 0.198. The topological polar surface area (TPSA) is 89.0 Å². The summed E-state index contributed by atoms with van der Waals surface area (Å²) in [5, 5.41) is 11.6. The number of anilines is 1. The molecule has 8 heteroatoms. The van der Waals surface area contributed by atoms with Gasteiger partial charge in [-0.2, -0.15) is 0 Å². The smallest absolute Gasteiger partial charge is 0.301 e. The fourth-order valence-corrected chi connectivity index (χ4v) is 5.28. The van der Waals surface area contributed by atoms with Crippen molar-refractivity contribution >= 4 is 44.1 Å². The van der Waals surface area contributed by atoms with E-state index in [1.165, 1.54) is 16.2 Å². The second-order valence-electron chi connectivity index (χ2n) is 8.10. The predicted molar refractivity (Wildman–Crippen MR) is 140 cm³/mol. The number of ketones is 1. The molecule has 36 heavy (non-hydrogen) atoms. The molecule has 5 rings (SSSR count). The number of rotatable bonds is 7. The van der Waals surface area contributed by atoms with E-state index in [9.17, 15) is 14.7 Å². The average molecular weight is 501 g/mol. The van der Waals surface area contributed by atoms with Crippen LogP contribution in [-0.2, 0) is 9.59 Å². The minimum absolute atomic E-state index is 0.0182. The molecule has 0 radical (unpaired) electrons. The third kappa shape index (κ3) is 4.20. The van der Waals surface area contributed by atoms with E-state index in [0.29, 0.717) is 46.5 Å². The Labute approximate surface area is 212 Å². The Hall–Kier alpha value is -4.17. The maximum absolute atomic E-state index is 13.4. The lowest BCUT2D eigenvalue weighted by Gasteiger charge is -2.23. The number of Topliss-reactive ketones (excluding diaryl/α,β-unsaturated/α-hetero) is 1. The number of amides is 1. The van der Waals surface area contributed by atoms with Crippen LogP contribution < -0.4 is 14.4 Å². The SMILES string of the molecule is CCOc1ccc(C2/C(=C(\O)c3ccccc3)C(=O)C(=O)N2c2nc3ccc(OCC)cc3s2)cc1. The number of nitrogens with zero attached hydrogens (tertiary/aromatic N) is 2. The van der Waals surface area contributed by atoms with Gasteiger partial charge in [0.2, 0.25) is 0 Å². The molecule has 3 aromatic carbocycles. The van der Waals surface area contributed by atoms with E-state index in [1.807, 2.05) is 38.1 Å². The van der Waals surface area contributed by atoms with Gasteiger partial charge in [0.1, 0.15) is 17.3 Å². The number of benzene rings is 3. The van der Waals surface area contributed by atoms with Gasteiger partial charge in [-0.05, 0) is 49.7 Å². The van der Waals surface area contributed by atoms with Crippen LogP contribution in [0.3, 0.4) is 0 Å². The second kappa shape index (κ2) is 9.83. The van der Waals surface area contributed by atoms with Gasteiger partial charge in [0.05, 0.1) is 35.0 Å². The summed E-state index contributed by atoms with van der Waals surface area (Å²) in [6, 6.07) is 20.6. The van der Waals surface area contributed by atoms with Crippen molar-refractivity contribution < 1.29 is 24.2 Å². The first-order chi connectivity index (χ1) is 17.5. The maximum Gasteiger partial charge on any atom is 0.301 e. The third-order valence-electron chi connectivity index (χ3n) is 5.86. The summed E-state index contributed by atoms with van der Waals surface area (Å²) in [6.45, 7) is 4.85. The highest BCUT2D eigenvalue weighted by Crippen LogP contribution is 2.44. The number of fused-ring (bicyclic) bond motifs is 1. The Morgan fingerprint density at radius 1 is 0.944 bits per heavy atom. The molecule has 1 aliphatic rings. The normalized spacial score (nSPS) is 17.1. The van der Waals surface area contributed by atoms with E-state index in [2.05, 4.69) is 4.98 Å². The van der Waals surface area contributed by atoms with E-state index < -0.39 is 17.7 Å². The maximum atomic E-state index is 13.4. The lowest BCUT2D eigenvalue weighted by Crippen LogP contribution is -2.29. The van der Waals surface area contributed by atoms with E-state index in [-0.39, 0.29) is 11.3 Å². The van der Waals surface area contributed by atoms with Crippen molar-refractivity contribution in [1.29, 1.82) is 0 Å². The van der Waals surface area contributed by atoms with Crippen LogP contribution >= 0.6 is 11.3 Å². The number of carbonyl (C=O) groups is 2. The molecule has 1 aromatic heterocycles. The van der Waals surface area contributed by atoms with Crippen molar-refractivity contribution in [2.75, 3.05) is 18.1 Å². The number of carbonyl (C=O) groups excluding carboxylic acids is 2. The van der Waals surface area contributed by atoms with E-state index >= 15 is 0 Å². The van der Waals surface area contributed by atoms with Crippen LogP contribution in [0.1, 0.15) is 31.0 Å². The minimum Gasteiger partial charge on any atom is -0.507 e. The monoisotopic (exact) mass is 500 g/mol. The number of aliphatic hydroxyl groups excluding tert-OH is 1. The van der Waals surface area contributed by atoms with Gasteiger partial charge in [-0.15, -0.1) is 0 Å². The number of hydrogen-bond acceptors (Lipinski definition) is 7. The van der Waals surface area contributed by atoms with Crippen LogP contribution in [0.4, 0.5) is 5.13 Å². The fourth-order valence-electron chi connectivity index (χ4n) is 4.26. The molecule has 2 heterocycles. The number of aromatic nitrogens is 1. The van der Waals surface area contributed by atoms with Crippen LogP contribution in [0.5, 0.6) is 11.5 Å². The number of aliphatic hydroxyl groups is 1. The summed E-state index contributed by atoms with van der Waals surface area (Å²) in [6.07, 6.45) is 0. The van der Waals surface area contributed by atoms with Crippen molar-refractivity contribution in [2.24, 2.45) is 0 Å². The first-order valence-electron chi connectivity index (χ1n) is 11.6. The number of ether oxygens (including phenoxy) is 2. The first-order valence-corrected chi connectivity index (χ1v) is 12.5. The highest BCUT2D eigenvalue weighted by Gasteiger charge is 2.48. The van der Waals surface area contributed by atoms with Crippen LogP contribution in [0.2, 0.25) is 0 Å². The second-order valence-corrected chi connectivity index (χ2v) is 9.11. The van der Waals surface area contributed by atoms with Gasteiger partial charge in [0.15, 0.2) is 5.13 Å². The first kappa shape index (κ1) is 23.6. The molecule has 0 saturated carbocycles. The predicted octanol–water partition coefficient (Wildman–Crippen LogP) is 5.72. The lowest BCUT2D eigenvalue weighted by molar-refractivity contribution is -0.132. The van der Waals surface area contributed by atoms with Crippen LogP contribution in [0.25, 0.3) is 16.0 Å². The molecule has 7 nitrogen and oxygen atoms in total. The molecule has 1 atom stereocenters. The number of thiazole rings is 1. The Morgan fingerprint density at radius 2 is 1.61 bits per heavy atom. The average Bonchev–Trinajstić information content (AvgIpc) is 3.43. The van der Waals surface area contributed by atoms with E-state index in [1.54, 1.807) is 48.5 Å². The largest absolute Gasteiger partial charge is 0.507 e. The summed E-state index contributed by atoms with van der Waals surface area (Å²) in [5.74, 6) is -0.353. The van der Waals surface area contributed by atoms with Crippen LogP contribution in [0, 0.1) is 0 Å². The van der Waals surface area contributed by atoms with Crippen molar-refractivity contribution in [2.45, 2.75) is 19.9 Å². The zero-order valence-corrected chi connectivity index (χ0v) is 20.6. The van der Waals surface area contributed by atoms with E-state index in [4.69, 9.17) is 9.47 Å². The summed E-state index contributed by atoms with van der Waals surface area (Å²) in [7, 11) is 0. The van der Waals surface area contributed by atoms with Gasteiger partial charge >= 0.3 is 5.91 Å². The van der Waals surface area contributed by atoms with Gasteiger partial charge in [-0.3, -0.25) is 14.5 Å². The molecule has 1 saturated heterocycles. The van der Waals surface area contributed by atoms with Gasteiger partial charge in [0.25, 0.3) is 5.78 Å². The zero-order valence-electron chi connectivity index (χ0n) is 19.8. The number of hydrogen-bond donors (Lipinski definition) is 1. The van der Waals surface area contributed by atoms with Crippen molar-refractivity contribution in [1.82, 2.24) is 4.98 Å². The lowest BCUT2D eigenvalue weighted by atomic mass is 9.95. The minimum atomic E-state index is -0.854. The van der Waals surface area contributed by atoms with Gasteiger partial charge in [0, 0.05) is 5.56 Å². The zero-order chi connectivity index (χ0) is 25.2. The molecule has 1 fully saturated rings. The van der Waals surface area contributed by atoms with Crippen LogP contribution in [0.15, 0.2) is 78.4 Å². The standard InChI is InChI=1S/C28H24N2O5S/c1-3-34-19-12-10-17(11-13-19)24-23(25(31)18-8-6-5-7-9-18)26(32)27(33)30(24)28-29-21-15-14-20(35-4-2)16-22(21)36-28/h5-16,24,31H,3-4H2,1-2H3/b25-23+. The highest BCUT2D eigenvalue weighted by atomic mass is 32.1. The molecule has 1 amide bonds. The third-order valence-corrected chi connectivity index (χ3v) is 6.88. The molecule has 0 aliphatic carbocycles. The van der Waals surface area contributed by atoms with Gasteiger partial charge in [-0.1, -0.05) is 53.8 Å². The summed E-state index contributed by atoms with van der Waals surface area (Å²) in [4.78, 5) is 32.8. The molecule has 0 spiro atoms. The summed E-state index contributed by atoms with van der Waals surface area (Å²) >= 11 is 1.29. The van der Waals surface area contributed by atoms with Crippen molar-refractivity contribution in [3.8, 4) is 11.5 Å². The van der Waals surface area contributed by atoms with Crippen LogP contribution in [-0.4, -0.2) is 35.0 Å². The molecule has 1 unspecified atom stereocenters. The van der Waals surface area contributed by atoms with Gasteiger partial charge < -0.3 is 14.6 Å². The highest BCUT2D eigenvalue weighted by molar-refractivity contribution is 7.22. The van der Waals surface area contributed by atoms with Crippen molar-refractivity contribution in [3.05, 3.63) is 89.5 Å². The molecular formula is C28H24N2O5S. The Morgan fingerprint density at radius 3 is 2.31 bits per heavy atom. The summed E-state index contributed by atoms with van der Waals surface area (Å²) in [5.41, 5.74) is 1.82. The molecule has 1 N–H and O–H groups in total. The summed E-state index contributed by atoms with van der Waals surface area (Å²) < 4.78 is 12.0. The van der Waals surface area contributed by atoms with Crippen molar-refractivity contribution in [3.63, 3.8) is 0 Å².